The normalized spacial score (nSPS) is 10.5. The van der Waals surface area contributed by atoms with Gasteiger partial charge in [0, 0.05) is 42.9 Å². The molecule has 4 aromatic rings. The molecular weight excluding hydrogens is 500 g/mol. The molecule has 0 fully saturated rings. The second-order valence-electron chi connectivity index (χ2n) is 8.59. The number of rotatable bonds is 9. The van der Waals surface area contributed by atoms with E-state index in [-0.39, 0.29) is 24.8 Å². The van der Waals surface area contributed by atoms with Gasteiger partial charge in [0.1, 0.15) is 11.5 Å². The SMILES string of the molecule is COc1cc(OC)cc(C(=O)N(C)c2ccc3c(c2)nc(NC(=O)c2ccc(C#N)cc2)n3CCC(N)=O)c1. The van der Waals surface area contributed by atoms with Crippen LogP contribution >= 0.6 is 0 Å². The Morgan fingerprint density at radius 1 is 1.00 bits per heavy atom. The summed E-state index contributed by atoms with van der Waals surface area (Å²) >= 11 is 0. The molecule has 3 amide bonds. The summed E-state index contributed by atoms with van der Waals surface area (Å²) < 4.78 is 12.2. The Hall–Kier alpha value is -5.37. The van der Waals surface area contributed by atoms with E-state index < -0.39 is 11.8 Å². The van der Waals surface area contributed by atoms with Crippen molar-refractivity contribution in [3.63, 3.8) is 0 Å². The van der Waals surface area contributed by atoms with Crippen molar-refractivity contribution in [1.82, 2.24) is 9.55 Å². The van der Waals surface area contributed by atoms with Gasteiger partial charge in [-0.15, -0.1) is 0 Å². The van der Waals surface area contributed by atoms with Gasteiger partial charge >= 0.3 is 0 Å². The van der Waals surface area contributed by atoms with Crippen LogP contribution in [0.25, 0.3) is 11.0 Å². The quantitative estimate of drug-likeness (QED) is 0.339. The van der Waals surface area contributed by atoms with Crippen LogP contribution in [0, 0.1) is 11.3 Å². The highest BCUT2D eigenvalue weighted by Gasteiger charge is 2.19. The molecule has 11 heteroatoms. The number of aromatic nitrogens is 2. The van der Waals surface area contributed by atoms with Gasteiger partial charge < -0.3 is 24.7 Å². The molecule has 3 N–H and O–H groups in total. The number of imidazole rings is 1. The minimum absolute atomic E-state index is 0.0308. The maximum atomic E-state index is 13.3. The molecule has 0 radical (unpaired) electrons. The van der Waals surface area contributed by atoms with Gasteiger partial charge in [-0.3, -0.25) is 19.7 Å². The van der Waals surface area contributed by atoms with E-state index in [9.17, 15) is 14.4 Å². The van der Waals surface area contributed by atoms with Crippen LogP contribution in [0.2, 0.25) is 0 Å². The van der Waals surface area contributed by atoms with Crippen molar-refractivity contribution >= 4 is 40.4 Å². The van der Waals surface area contributed by atoms with Crippen LogP contribution in [0.5, 0.6) is 11.5 Å². The monoisotopic (exact) mass is 526 g/mol. The molecule has 198 valence electrons. The zero-order valence-corrected chi connectivity index (χ0v) is 21.6. The number of nitriles is 1. The molecule has 1 aromatic heterocycles. The Balaban J connectivity index is 1.67. The maximum absolute atomic E-state index is 13.3. The fourth-order valence-electron chi connectivity index (χ4n) is 3.98. The van der Waals surface area contributed by atoms with Gasteiger partial charge in [0.15, 0.2) is 0 Å². The number of nitrogens with two attached hydrogens (primary N) is 1. The average molecular weight is 527 g/mol. The van der Waals surface area contributed by atoms with E-state index in [1.54, 1.807) is 60.1 Å². The third-order valence-electron chi connectivity index (χ3n) is 6.11. The van der Waals surface area contributed by atoms with Crippen LogP contribution in [0.1, 0.15) is 32.7 Å². The first-order valence-corrected chi connectivity index (χ1v) is 11.8. The smallest absolute Gasteiger partial charge is 0.258 e. The predicted molar refractivity (Wildman–Crippen MR) is 145 cm³/mol. The van der Waals surface area contributed by atoms with E-state index in [4.69, 9.17) is 20.5 Å². The Morgan fingerprint density at radius 3 is 2.26 bits per heavy atom. The van der Waals surface area contributed by atoms with Crippen molar-refractivity contribution in [2.75, 3.05) is 31.5 Å². The number of hydrogen-bond acceptors (Lipinski definition) is 7. The fraction of sp³-hybridized carbons (Fsp3) is 0.179. The Bertz CT molecular complexity index is 1580. The number of hydrogen-bond donors (Lipinski definition) is 2. The minimum atomic E-state index is -0.503. The lowest BCUT2D eigenvalue weighted by atomic mass is 10.1. The Morgan fingerprint density at radius 2 is 1.67 bits per heavy atom. The maximum Gasteiger partial charge on any atom is 0.258 e. The van der Waals surface area contributed by atoms with Gasteiger partial charge in [0.25, 0.3) is 11.8 Å². The summed E-state index contributed by atoms with van der Waals surface area (Å²) in [6.45, 7) is 0.187. The largest absolute Gasteiger partial charge is 0.497 e. The summed E-state index contributed by atoms with van der Waals surface area (Å²) in [6.07, 6.45) is 0.0308. The predicted octanol–water partition coefficient (Wildman–Crippen LogP) is 3.33. The van der Waals surface area contributed by atoms with Gasteiger partial charge in [0.2, 0.25) is 11.9 Å². The van der Waals surface area contributed by atoms with E-state index in [2.05, 4.69) is 10.3 Å². The summed E-state index contributed by atoms with van der Waals surface area (Å²) in [5.74, 6) is -0.0559. The number of carbonyl (C=O) groups excluding carboxylic acids is 3. The van der Waals surface area contributed by atoms with Gasteiger partial charge in [-0.25, -0.2) is 4.98 Å². The number of amides is 3. The Labute approximate surface area is 224 Å². The van der Waals surface area contributed by atoms with E-state index in [0.29, 0.717) is 44.9 Å². The van der Waals surface area contributed by atoms with Crippen molar-refractivity contribution < 1.29 is 23.9 Å². The molecule has 0 bridgehead atoms. The first-order chi connectivity index (χ1) is 18.7. The number of nitrogens with one attached hydrogen (secondary N) is 1. The van der Waals surface area contributed by atoms with Gasteiger partial charge in [0.05, 0.1) is 36.9 Å². The molecule has 0 spiro atoms. The summed E-state index contributed by atoms with van der Waals surface area (Å²) in [7, 11) is 4.65. The second-order valence-corrected chi connectivity index (χ2v) is 8.59. The summed E-state index contributed by atoms with van der Waals surface area (Å²) in [5.41, 5.74) is 8.19. The number of ether oxygens (including phenoxy) is 2. The molecule has 0 aliphatic carbocycles. The number of methoxy groups -OCH3 is 2. The van der Waals surface area contributed by atoms with E-state index in [1.165, 1.54) is 31.3 Å². The molecule has 0 saturated carbocycles. The third-order valence-corrected chi connectivity index (χ3v) is 6.11. The first-order valence-electron chi connectivity index (χ1n) is 11.8. The lowest BCUT2D eigenvalue weighted by Gasteiger charge is -2.18. The van der Waals surface area contributed by atoms with Crippen molar-refractivity contribution in [1.29, 1.82) is 5.26 Å². The molecule has 4 rings (SSSR count). The van der Waals surface area contributed by atoms with E-state index >= 15 is 0 Å². The number of carbonyl (C=O) groups is 3. The molecule has 11 nitrogen and oxygen atoms in total. The van der Waals surface area contributed by atoms with Crippen LogP contribution in [-0.2, 0) is 11.3 Å². The van der Waals surface area contributed by atoms with E-state index in [1.807, 2.05) is 6.07 Å². The third kappa shape index (κ3) is 5.80. The highest BCUT2D eigenvalue weighted by Crippen LogP contribution is 2.28. The molecule has 0 saturated heterocycles. The lowest BCUT2D eigenvalue weighted by molar-refractivity contribution is -0.118. The minimum Gasteiger partial charge on any atom is -0.497 e. The number of benzene rings is 3. The number of nitrogens with zero attached hydrogens (tertiary/aromatic N) is 4. The van der Waals surface area contributed by atoms with Gasteiger partial charge in [-0.2, -0.15) is 5.26 Å². The summed E-state index contributed by atoms with van der Waals surface area (Å²) in [6, 6.07) is 18.3. The topological polar surface area (TPSA) is 153 Å². The van der Waals surface area contributed by atoms with Gasteiger partial charge in [-0.05, 0) is 54.6 Å². The van der Waals surface area contributed by atoms with Crippen molar-refractivity contribution in [2.45, 2.75) is 13.0 Å². The highest BCUT2D eigenvalue weighted by molar-refractivity contribution is 6.07. The summed E-state index contributed by atoms with van der Waals surface area (Å²) in [4.78, 5) is 43.7. The van der Waals surface area contributed by atoms with Crippen LogP contribution in [0.4, 0.5) is 11.6 Å². The molecular formula is C28H26N6O5. The van der Waals surface area contributed by atoms with Crippen molar-refractivity contribution in [3.05, 3.63) is 77.4 Å². The van der Waals surface area contributed by atoms with Crippen molar-refractivity contribution in [2.24, 2.45) is 5.73 Å². The van der Waals surface area contributed by atoms with Crippen LogP contribution < -0.4 is 25.4 Å². The highest BCUT2D eigenvalue weighted by atomic mass is 16.5. The summed E-state index contributed by atoms with van der Waals surface area (Å²) in [5, 5.41) is 11.8. The average Bonchev–Trinajstić information content (AvgIpc) is 3.30. The number of aryl methyl sites for hydroxylation is 1. The molecule has 0 aliphatic heterocycles. The molecule has 0 aliphatic rings. The van der Waals surface area contributed by atoms with Crippen LogP contribution in [0.3, 0.4) is 0 Å². The first kappa shape index (κ1) is 26.7. The molecule has 3 aromatic carbocycles. The van der Waals surface area contributed by atoms with Gasteiger partial charge in [-0.1, -0.05) is 0 Å². The standard InChI is InChI=1S/C28H26N6O5/c1-33(27(37)19-12-21(38-2)15-22(13-19)39-3)20-8-9-24-23(14-20)31-28(34(24)11-10-25(30)35)32-26(36)18-6-4-17(16-29)5-7-18/h4-9,12-15H,10-11H2,1-3H3,(H2,30,35)(H,31,32,36). The second kappa shape index (κ2) is 11.4. The molecule has 1 heterocycles. The number of primary amides is 1. The fourth-order valence-corrected chi connectivity index (χ4v) is 3.98. The number of anilines is 2. The zero-order valence-electron chi connectivity index (χ0n) is 21.6. The van der Waals surface area contributed by atoms with E-state index in [0.717, 1.165) is 0 Å². The molecule has 0 unspecified atom stereocenters. The zero-order chi connectivity index (χ0) is 28.1. The van der Waals surface area contributed by atoms with Crippen molar-refractivity contribution in [3.8, 4) is 17.6 Å². The number of fused-ring (bicyclic) bond motifs is 1. The molecule has 0 atom stereocenters. The lowest BCUT2D eigenvalue weighted by Crippen LogP contribution is -2.26. The molecule has 39 heavy (non-hydrogen) atoms. The van der Waals surface area contributed by atoms with Crippen LogP contribution in [0.15, 0.2) is 60.7 Å². The Kier molecular flexibility index (Phi) is 7.77. The van der Waals surface area contributed by atoms with Crippen LogP contribution in [-0.4, -0.2) is 48.5 Å².